The summed E-state index contributed by atoms with van der Waals surface area (Å²) in [4.78, 5) is 48.1. The van der Waals surface area contributed by atoms with Gasteiger partial charge in [-0.25, -0.2) is 4.79 Å². The quantitative estimate of drug-likeness (QED) is 0.367. The fourth-order valence-corrected chi connectivity index (χ4v) is 6.54. The van der Waals surface area contributed by atoms with Crippen LogP contribution in [-0.2, 0) is 37.4 Å². The summed E-state index contributed by atoms with van der Waals surface area (Å²) in [5.41, 5.74) is 3.32. The van der Waals surface area contributed by atoms with Crippen molar-refractivity contribution < 1.29 is 39.6 Å². The predicted molar refractivity (Wildman–Crippen MR) is 156 cm³/mol. The van der Waals surface area contributed by atoms with Gasteiger partial charge in [0, 0.05) is 25.2 Å². The molecule has 1 aliphatic carbocycles. The van der Waals surface area contributed by atoms with E-state index < -0.39 is 36.4 Å². The molecule has 2 heterocycles. The minimum atomic E-state index is -2.74. The number of aliphatic hydroxyl groups is 1. The highest BCUT2D eigenvalue weighted by Gasteiger charge is 2.41. The molecule has 1 fully saturated rings. The van der Waals surface area contributed by atoms with E-state index in [1.54, 1.807) is 11.1 Å². The summed E-state index contributed by atoms with van der Waals surface area (Å²) < 4.78 is 0. The number of carbonyl (C=O) groups is 4. The van der Waals surface area contributed by atoms with Gasteiger partial charge in [0.15, 0.2) is 5.60 Å². The van der Waals surface area contributed by atoms with Crippen LogP contribution in [0.2, 0.25) is 0 Å². The highest BCUT2D eigenvalue weighted by molar-refractivity contribution is 5.94. The number of likely N-dealkylation sites (tertiary alicyclic amines) is 1. The van der Waals surface area contributed by atoms with Gasteiger partial charge in [-0.1, -0.05) is 42.5 Å². The Kier molecular flexibility index (Phi) is 10.0. The van der Waals surface area contributed by atoms with Crippen molar-refractivity contribution in [3.05, 3.63) is 65.2 Å². The van der Waals surface area contributed by atoms with Crippen molar-refractivity contribution in [3.8, 4) is 0 Å². The van der Waals surface area contributed by atoms with Gasteiger partial charge in [0.1, 0.15) is 0 Å². The van der Waals surface area contributed by atoms with Gasteiger partial charge in [-0.2, -0.15) is 0 Å². The molecule has 3 aliphatic rings. The second-order valence-corrected chi connectivity index (χ2v) is 11.6. The maximum Gasteiger partial charge on any atom is 0.336 e. The topological polar surface area (TPSA) is 156 Å². The molecule has 1 amide bonds. The maximum absolute atomic E-state index is 13.1. The summed E-state index contributed by atoms with van der Waals surface area (Å²) in [7, 11) is 0. The van der Waals surface area contributed by atoms with Gasteiger partial charge in [-0.15, -0.1) is 0 Å². The SMILES string of the molecule is O=C(CCN1CCC2(CCc3ccccc32)CC1)N1CCCCc2ccccc21.O=C(O)CC(O)(CC(=O)O)C(=O)O. The first-order chi connectivity index (χ1) is 20.0. The van der Waals surface area contributed by atoms with Crippen molar-refractivity contribution in [2.24, 2.45) is 0 Å². The van der Waals surface area contributed by atoms with Crippen molar-refractivity contribution in [2.75, 3.05) is 31.1 Å². The number of para-hydroxylation sites is 1. The van der Waals surface area contributed by atoms with Gasteiger partial charge in [0.2, 0.25) is 5.91 Å². The average Bonchev–Trinajstić information content (AvgIpc) is 3.15. The third kappa shape index (κ3) is 7.35. The molecule has 2 aliphatic heterocycles. The number of fused-ring (bicyclic) bond motifs is 3. The zero-order chi connectivity index (χ0) is 30.3. The number of nitrogens with zero attached hydrogens (tertiary/aromatic N) is 2. The monoisotopic (exact) mass is 580 g/mol. The zero-order valence-corrected chi connectivity index (χ0v) is 23.8. The van der Waals surface area contributed by atoms with Crippen LogP contribution in [0.25, 0.3) is 0 Å². The number of anilines is 1. The first kappa shape index (κ1) is 31.2. The van der Waals surface area contributed by atoms with Crippen LogP contribution in [0.15, 0.2) is 48.5 Å². The standard InChI is InChI=1S/C26H32N2O.C6H8O7/c29-25(28-17-6-5-9-22-8-2-4-11-24(22)28)13-18-27-19-15-26(16-20-27)14-12-21-7-1-3-10-23(21)26;7-3(8)1-6(13,5(11)12)2-4(9)10/h1-4,7-8,10-11H,5-6,9,12-20H2;13H,1-2H2,(H,7,8)(H,9,10)(H,11,12). The lowest BCUT2D eigenvalue weighted by molar-refractivity contribution is -0.170. The molecule has 5 rings (SSSR count). The molecule has 0 saturated carbocycles. The summed E-state index contributed by atoms with van der Waals surface area (Å²) in [6.07, 6.45) is 6.75. The minimum Gasteiger partial charge on any atom is -0.481 e. The number of piperidine rings is 1. The summed E-state index contributed by atoms with van der Waals surface area (Å²) in [5.74, 6) is -4.72. The molecule has 2 aromatic carbocycles. The van der Waals surface area contributed by atoms with E-state index in [4.69, 9.17) is 20.4 Å². The van der Waals surface area contributed by atoms with Crippen molar-refractivity contribution >= 4 is 29.5 Å². The first-order valence-electron chi connectivity index (χ1n) is 14.6. The van der Waals surface area contributed by atoms with Gasteiger partial charge in [0.25, 0.3) is 0 Å². The van der Waals surface area contributed by atoms with E-state index in [9.17, 15) is 19.2 Å². The molecule has 42 heavy (non-hydrogen) atoms. The van der Waals surface area contributed by atoms with Crippen LogP contribution in [0, 0.1) is 0 Å². The fraction of sp³-hybridized carbons (Fsp3) is 0.500. The molecule has 0 bridgehead atoms. The van der Waals surface area contributed by atoms with Gasteiger partial charge >= 0.3 is 17.9 Å². The van der Waals surface area contributed by atoms with Crippen molar-refractivity contribution in [2.45, 2.75) is 75.2 Å². The molecule has 10 heteroatoms. The van der Waals surface area contributed by atoms with E-state index in [2.05, 4.69) is 58.3 Å². The van der Waals surface area contributed by atoms with E-state index in [0.29, 0.717) is 17.7 Å². The molecule has 226 valence electrons. The number of hydrogen-bond donors (Lipinski definition) is 4. The fourth-order valence-electron chi connectivity index (χ4n) is 6.54. The Hall–Kier alpha value is -3.76. The summed E-state index contributed by atoms with van der Waals surface area (Å²) in [6.45, 7) is 4.02. The lowest BCUT2D eigenvalue weighted by Gasteiger charge is -2.40. The Morgan fingerprint density at radius 1 is 0.762 bits per heavy atom. The van der Waals surface area contributed by atoms with E-state index in [-0.39, 0.29) is 0 Å². The number of hydrogen-bond acceptors (Lipinski definition) is 6. The molecule has 4 N–H and O–H groups in total. The summed E-state index contributed by atoms with van der Waals surface area (Å²) in [6, 6.07) is 17.5. The molecule has 0 radical (unpaired) electrons. The van der Waals surface area contributed by atoms with Crippen molar-refractivity contribution in [1.82, 2.24) is 4.90 Å². The van der Waals surface area contributed by atoms with E-state index in [1.165, 1.54) is 37.7 Å². The van der Waals surface area contributed by atoms with Crippen LogP contribution in [0.4, 0.5) is 5.69 Å². The number of carboxylic acid groups (broad SMARTS) is 3. The zero-order valence-electron chi connectivity index (χ0n) is 23.8. The third-order valence-electron chi connectivity index (χ3n) is 8.86. The Labute approximate surface area is 245 Å². The maximum atomic E-state index is 13.1. The minimum absolute atomic E-state index is 0.297. The van der Waals surface area contributed by atoms with Crippen LogP contribution in [-0.4, -0.2) is 80.9 Å². The molecule has 1 spiro atoms. The molecule has 2 aromatic rings. The van der Waals surface area contributed by atoms with Gasteiger partial charge in [-0.05, 0) is 86.2 Å². The molecule has 0 aromatic heterocycles. The summed E-state index contributed by atoms with van der Waals surface area (Å²) >= 11 is 0. The number of rotatable bonds is 8. The highest BCUT2D eigenvalue weighted by Crippen LogP contribution is 2.46. The second kappa shape index (κ2) is 13.5. The number of carboxylic acids is 3. The molecular weight excluding hydrogens is 540 g/mol. The third-order valence-corrected chi connectivity index (χ3v) is 8.86. The van der Waals surface area contributed by atoms with E-state index in [0.717, 1.165) is 44.7 Å². The van der Waals surface area contributed by atoms with Crippen LogP contribution in [0.3, 0.4) is 0 Å². The van der Waals surface area contributed by atoms with Gasteiger partial charge in [-0.3, -0.25) is 14.4 Å². The lowest BCUT2D eigenvalue weighted by Crippen LogP contribution is -2.43. The predicted octanol–water partition coefficient (Wildman–Crippen LogP) is 3.48. The van der Waals surface area contributed by atoms with Crippen molar-refractivity contribution in [3.63, 3.8) is 0 Å². The Morgan fingerprint density at radius 2 is 1.38 bits per heavy atom. The highest BCUT2D eigenvalue weighted by atomic mass is 16.4. The lowest BCUT2D eigenvalue weighted by atomic mass is 9.74. The van der Waals surface area contributed by atoms with Gasteiger partial charge < -0.3 is 30.2 Å². The van der Waals surface area contributed by atoms with E-state index in [1.807, 2.05) is 0 Å². The second-order valence-electron chi connectivity index (χ2n) is 11.6. The van der Waals surface area contributed by atoms with Gasteiger partial charge in [0.05, 0.1) is 12.8 Å². The molecule has 0 unspecified atom stereocenters. The molecular formula is C32H40N2O8. The summed E-state index contributed by atoms with van der Waals surface area (Å²) in [5, 5.41) is 33.8. The number of aliphatic carboxylic acids is 3. The van der Waals surface area contributed by atoms with Crippen LogP contribution >= 0.6 is 0 Å². The normalized spacial score (nSPS) is 17.8. The first-order valence-corrected chi connectivity index (χ1v) is 14.6. The number of benzene rings is 2. The average molecular weight is 581 g/mol. The Balaban J connectivity index is 0.000000266. The molecule has 0 atom stereocenters. The van der Waals surface area contributed by atoms with Crippen LogP contribution in [0.5, 0.6) is 0 Å². The van der Waals surface area contributed by atoms with Crippen molar-refractivity contribution in [1.29, 1.82) is 0 Å². The molecule has 10 nitrogen and oxygen atoms in total. The molecule has 1 saturated heterocycles. The van der Waals surface area contributed by atoms with E-state index >= 15 is 0 Å². The van der Waals surface area contributed by atoms with Crippen LogP contribution in [0.1, 0.15) is 68.1 Å². The smallest absolute Gasteiger partial charge is 0.336 e. The Morgan fingerprint density at radius 3 is 2.02 bits per heavy atom. The van der Waals surface area contributed by atoms with Crippen LogP contribution < -0.4 is 4.90 Å². The Bertz CT molecular complexity index is 1280. The number of amides is 1. The number of carbonyl (C=O) groups excluding carboxylic acids is 1. The largest absolute Gasteiger partial charge is 0.481 e. The number of aryl methyl sites for hydroxylation is 2.